The summed E-state index contributed by atoms with van der Waals surface area (Å²) in [5, 5.41) is 30.0. The lowest BCUT2D eigenvalue weighted by atomic mass is 9.99. The maximum absolute atomic E-state index is 13.8. The lowest BCUT2D eigenvalue weighted by Crippen LogP contribution is -2.59. The van der Waals surface area contributed by atoms with Crippen LogP contribution in [0.25, 0.3) is 10.9 Å². The van der Waals surface area contributed by atoms with E-state index in [1.807, 2.05) is 0 Å². The number of H-pyrrole nitrogens is 1. The number of rotatable bonds is 31. The third kappa shape index (κ3) is 19.8. The number of nitrogens with one attached hydrogen (secondary N) is 9. The van der Waals surface area contributed by atoms with Gasteiger partial charge in [-0.15, -0.1) is 0 Å². The Kier molecular flexibility index (Phi) is 24.4. The largest absolute Gasteiger partial charge is 0.480 e. The molecule has 0 aliphatic heterocycles. The van der Waals surface area contributed by atoms with Crippen LogP contribution in [-0.4, -0.2) is 137 Å². The van der Waals surface area contributed by atoms with Gasteiger partial charge in [0, 0.05) is 29.9 Å². The predicted octanol–water partition coefficient (Wildman–Crippen LogP) is -3.50. The molecule has 388 valence electrons. The van der Waals surface area contributed by atoms with Crippen molar-refractivity contribution in [1.29, 1.82) is 0 Å². The van der Waals surface area contributed by atoms with Gasteiger partial charge in [0.05, 0.1) is 25.6 Å². The van der Waals surface area contributed by atoms with E-state index in [0.717, 1.165) is 10.9 Å². The van der Waals surface area contributed by atoms with Gasteiger partial charge in [0.25, 0.3) is 0 Å². The first-order valence-electron chi connectivity index (χ1n) is 23.0. The summed E-state index contributed by atoms with van der Waals surface area (Å²) >= 11 is 0. The fourth-order valence-corrected chi connectivity index (χ4v) is 7.00. The van der Waals surface area contributed by atoms with E-state index < -0.39 is 145 Å². The van der Waals surface area contributed by atoms with Gasteiger partial charge >= 0.3 is 5.97 Å². The number of hydrogen-bond acceptors (Lipinski definition) is 13. The van der Waals surface area contributed by atoms with Crippen molar-refractivity contribution in [3.63, 3.8) is 0 Å². The van der Waals surface area contributed by atoms with Crippen LogP contribution in [0, 0.1) is 17.8 Å². The zero-order valence-electron chi connectivity index (χ0n) is 40.5. The highest BCUT2D eigenvalue weighted by atomic mass is 16.4. The molecule has 0 bridgehead atoms. The number of para-hydroxylation sites is 1. The molecule has 0 aliphatic carbocycles. The molecule has 70 heavy (non-hydrogen) atoms. The highest BCUT2D eigenvalue weighted by Gasteiger charge is 2.34. The molecule has 10 amide bonds. The molecule has 0 spiro atoms. The number of aliphatic carboxylic acids is 1. The van der Waals surface area contributed by atoms with Crippen LogP contribution in [0.2, 0.25) is 0 Å². The standard InChI is InChI=1S/C45H71N13O12/c1-22(2)36(56-39(63)27(47)14-15-32(48)59)43(67)55-30(17-25-19-50-28-12-8-7-11-26(25)28)40(64)51-21-35(62)54-31(18-33(49)60)41(65)52-20-34(61)53-29(13-9-10-16-46)42(66)57-37(23(3)4)44(68)58-38(24(5)6)45(69)70/h7-8,11-12,19,22-24,27,29-31,36-38,50H,9-10,13-18,20-21,46-47H2,1-6H3,(H2,48,59)(H2,49,60)(H,51,64)(H,52,65)(H,53,61)(H,54,62)(H,55,67)(H,56,63)(H,57,66)(H,58,68)(H,69,70)/t27-,29-,30-,31-,36-,37-,38-/m0/s1. The van der Waals surface area contributed by atoms with Crippen molar-refractivity contribution in [2.24, 2.45) is 40.7 Å². The number of unbranched alkanes of at least 4 members (excludes halogenated alkanes) is 1. The number of fused-ring (bicyclic) bond motifs is 1. The molecule has 2 aromatic rings. The van der Waals surface area contributed by atoms with Gasteiger partial charge in [-0.05, 0) is 61.6 Å². The van der Waals surface area contributed by atoms with Crippen LogP contribution in [0.3, 0.4) is 0 Å². The molecule has 0 fully saturated rings. The number of carbonyl (C=O) groups excluding carboxylic acids is 10. The summed E-state index contributed by atoms with van der Waals surface area (Å²) in [6, 6.07) is -1.81. The summed E-state index contributed by atoms with van der Waals surface area (Å²) in [4.78, 5) is 145. The van der Waals surface area contributed by atoms with Crippen molar-refractivity contribution in [3.05, 3.63) is 36.0 Å². The van der Waals surface area contributed by atoms with E-state index in [1.54, 1.807) is 72.0 Å². The van der Waals surface area contributed by atoms with Gasteiger partial charge in [-0.2, -0.15) is 0 Å². The zero-order valence-corrected chi connectivity index (χ0v) is 40.5. The molecule has 1 aromatic heterocycles. The number of aromatic nitrogens is 1. The Morgan fingerprint density at radius 2 is 1.10 bits per heavy atom. The molecule has 0 saturated carbocycles. The van der Waals surface area contributed by atoms with Gasteiger partial charge in [0.1, 0.15) is 36.3 Å². The van der Waals surface area contributed by atoms with E-state index in [-0.39, 0.29) is 32.2 Å². The number of carbonyl (C=O) groups is 11. The maximum Gasteiger partial charge on any atom is 0.326 e. The number of aromatic amines is 1. The molecule has 0 radical (unpaired) electrons. The lowest BCUT2D eigenvalue weighted by molar-refractivity contribution is -0.144. The van der Waals surface area contributed by atoms with Gasteiger partial charge in [0.15, 0.2) is 0 Å². The summed E-state index contributed by atoms with van der Waals surface area (Å²) in [6.07, 6.45) is 1.50. The minimum Gasteiger partial charge on any atom is -0.480 e. The van der Waals surface area contributed by atoms with E-state index in [1.165, 1.54) is 0 Å². The highest BCUT2D eigenvalue weighted by molar-refractivity contribution is 5.98. The third-order valence-corrected chi connectivity index (χ3v) is 11.0. The van der Waals surface area contributed by atoms with Crippen LogP contribution in [0.4, 0.5) is 0 Å². The molecule has 25 heteroatoms. The molecule has 1 aromatic carbocycles. The van der Waals surface area contributed by atoms with E-state index in [9.17, 15) is 57.8 Å². The minimum atomic E-state index is -1.64. The van der Waals surface area contributed by atoms with E-state index in [4.69, 9.17) is 22.9 Å². The first-order chi connectivity index (χ1) is 32.9. The fraction of sp³-hybridized carbons (Fsp3) is 0.578. The average Bonchev–Trinajstić information content (AvgIpc) is 3.69. The lowest BCUT2D eigenvalue weighted by Gasteiger charge is -2.27. The number of benzene rings is 1. The van der Waals surface area contributed by atoms with Crippen molar-refractivity contribution < 1.29 is 57.8 Å². The van der Waals surface area contributed by atoms with Crippen molar-refractivity contribution in [1.82, 2.24) is 47.5 Å². The van der Waals surface area contributed by atoms with Gasteiger partial charge in [0.2, 0.25) is 59.1 Å². The SMILES string of the molecule is CC(C)[C@H](NC(=O)[C@@H](NC(=O)[C@H](CCCCN)NC(=O)CNC(=O)[C@H](CC(N)=O)NC(=O)CNC(=O)[C@H](Cc1c[nH]c2ccccc12)NC(=O)[C@@H](NC(=O)[C@@H](N)CCC(N)=O)C(C)C)C(C)C)C(=O)O. The first kappa shape index (κ1) is 59.0. The normalized spacial score (nSPS) is 14.2. The van der Waals surface area contributed by atoms with Crippen molar-refractivity contribution in [3.8, 4) is 0 Å². The molecule has 25 nitrogen and oxygen atoms in total. The van der Waals surface area contributed by atoms with Crippen LogP contribution in [0.5, 0.6) is 0 Å². The Morgan fingerprint density at radius 3 is 1.63 bits per heavy atom. The quantitative estimate of drug-likeness (QED) is 0.0326. The molecule has 2 rings (SSSR count). The molecule has 18 N–H and O–H groups in total. The molecule has 0 aliphatic rings. The third-order valence-electron chi connectivity index (χ3n) is 11.0. The maximum atomic E-state index is 13.8. The van der Waals surface area contributed by atoms with E-state index in [0.29, 0.717) is 18.4 Å². The smallest absolute Gasteiger partial charge is 0.326 e. The molecule has 7 atom stereocenters. The first-order valence-corrected chi connectivity index (χ1v) is 23.0. The zero-order chi connectivity index (χ0) is 52.8. The van der Waals surface area contributed by atoms with Crippen LogP contribution in [0.15, 0.2) is 30.5 Å². The minimum absolute atomic E-state index is 0.0700. The Hall–Kier alpha value is -7.15. The second kappa shape index (κ2) is 29.0. The molecular formula is C45H71N13O12. The van der Waals surface area contributed by atoms with Gasteiger partial charge in [-0.3, -0.25) is 47.9 Å². The van der Waals surface area contributed by atoms with Crippen molar-refractivity contribution in [2.45, 2.75) is 129 Å². The Labute approximate surface area is 405 Å². The van der Waals surface area contributed by atoms with Crippen molar-refractivity contribution >= 4 is 75.9 Å². The van der Waals surface area contributed by atoms with Crippen molar-refractivity contribution in [2.75, 3.05) is 19.6 Å². The Morgan fingerprint density at radius 1 is 0.586 bits per heavy atom. The summed E-state index contributed by atoms with van der Waals surface area (Å²) in [6.45, 7) is 8.52. The number of hydrogen-bond donors (Lipinski definition) is 14. The monoisotopic (exact) mass is 986 g/mol. The van der Waals surface area contributed by atoms with Gasteiger partial charge < -0.3 is 75.6 Å². The molecule has 0 unspecified atom stereocenters. The summed E-state index contributed by atoms with van der Waals surface area (Å²) < 4.78 is 0. The number of carboxylic acid groups (broad SMARTS) is 1. The van der Waals surface area contributed by atoms with Gasteiger partial charge in [-0.1, -0.05) is 59.7 Å². The van der Waals surface area contributed by atoms with Gasteiger partial charge in [-0.25, -0.2) is 4.79 Å². The summed E-state index contributed by atoms with van der Waals surface area (Å²) in [5.41, 5.74) is 23.4. The molecule has 1 heterocycles. The Bertz CT molecular complexity index is 2180. The second-order valence-corrected chi connectivity index (χ2v) is 17.9. The van der Waals surface area contributed by atoms with Crippen LogP contribution < -0.4 is 65.5 Å². The fourth-order valence-electron chi connectivity index (χ4n) is 7.00. The summed E-state index contributed by atoms with van der Waals surface area (Å²) in [7, 11) is 0. The molecule has 0 saturated heterocycles. The predicted molar refractivity (Wildman–Crippen MR) is 255 cm³/mol. The van der Waals surface area contributed by atoms with Crippen LogP contribution in [0.1, 0.15) is 85.6 Å². The number of nitrogens with two attached hydrogens (primary N) is 4. The number of primary amides is 2. The topological polar surface area (TPSA) is 424 Å². The number of amides is 10. The molecular weight excluding hydrogens is 915 g/mol. The Balaban J connectivity index is 2.19. The van der Waals surface area contributed by atoms with Crippen LogP contribution >= 0.6 is 0 Å². The van der Waals surface area contributed by atoms with E-state index in [2.05, 4.69) is 47.5 Å². The van der Waals surface area contributed by atoms with Crippen LogP contribution in [-0.2, 0) is 59.2 Å². The average molecular weight is 986 g/mol. The number of carboxylic acids is 1. The summed E-state index contributed by atoms with van der Waals surface area (Å²) in [5.74, 6) is -11.2. The highest BCUT2D eigenvalue weighted by Crippen LogP contribution is 2.20. The van der Waals surface area contributed by atoms with E-state index >= 15 is 0 Å². The second-order valence-electron chi connectivity index (χ2n) is 17.9.